The molecule has 0 bridgehead atoms. The second-order valence-electron chi connectivity index (χ2n) is 7.15. The Bertz CT molecular complexity index is 1060. The van der Waals surface area contributed by atoms with Crippen LogP contribution in [0, 0.1) is 6.92 Å². The lowest BCUT2D eigenvalue weighted by molar-refractivity contribution is 0.0582. The monoisotopic (exact) mass is 399 g/mol. The van der Waals surface area contributed by atoms with Gasteiger partial charge in [0.05, 0.1) is 17.2 Å². The van der Waals surface area contributed by atoms with Crippen LogP contribution in [0.2, 0.25) is 0 Å². The van der Waals surface area contributed by atoms with E-state index in [1.54, 1.807) is 24.3 Å². The normalized spacial score (nSPS) is 13.7. The van der Waals surface area contributed by atoms with E-state index in [2.05, 4.69) is 10.6 Å². The van der Waals surface area contributed by atoms with Crippen molar-refractivity contribution < 1.29 is 14.4 Å². The van der Waals surface area contributed by atoms with E-state index in [9.17, 15) is 14.4 Å². The van der Waals surface area contributed by atoms with Gasteiger partial charge in [-0.15, -0.1) is 0 Å². The summed E-state index contributed by atoms with van der Waals surface area (Å²) in [5, 5.41) is 5.56. The van der Waals surface area contributed by atoms with E-state index in [1.807, 2.05) is 61.5 Å². The lowest BCUT2D eigenvalue weighted by Crippen LogP contribution is -2.42. The first-order chi connectivity index (χ1) is 14.5. The predicted molar refractivity (Wildman–Crippen MR) is 114 cm³/mol. The van der Waals surface area contributed by atoms with E-state index < -0.39 is 12.1 Å². The number of amides is 4. The number of carbonyl (C=O) groups is 3. The molecular formula is C24H21N3O3. The zero-order chi connectivity index (χ0) is 21.1. The molecule has 0 saturated heterocycles. The quantitative estimate of drug-likeness (QED) is 0.633. The minimum atomic E-state index is -0.623. The van der Waals surface area contributed by atoms with Crippen LogP contribution >= 0.6 is 0 Å². The van der Waals surface area contributed by atoms with Crippen molar-refractivity contribution in [1.29, 1.82) is 0 Å². The van der Waals surface area contributed by atoms with Crippen molar-refractivity contribution in [3.05, 3.63) is 101 Å². The van der Waals surface area contributed by atoms with E-state index >= 15 is 0 Å². The molecule has 1 atom stereocenters. The molecule has 1 heterocycles. The molecule has 4 rings (SSSR count). The molecule has 3 aromatic carbocycles. The number of carbonyl (C=O) groups excluding carboxylic acids is 3. The Morgan fingerprint density at radius 2 is 1.40 bits per heavy atom. The van der Waals surface area contributed by atoms with Crippen LogP contribution in [0.1, 0.15) is 37.9 Å². The van der Waals surface area contributed by atoms with Gasteiger partial charge in [-0.25, -0.2) is 4.79 Å². The molecule has 0 radical (unpaired) electrons. The van der Waals surface area contributed by atoms with Gasteiger partial charge < -0.3 is 10.6 Å². The van der Waals surface area contributed by atoms with Crippen LogP contribution < -0.4 is 10.6 Å². The van der Waals surface area contributed by atoms with E-state index in [4.69, 9.17) is 0 Å². The fourth-order valence-electron chi connectivity index (χ4n) is 3.53. The number of fused-ring (bicyclic) bond motifs is 1. The summed E-state index contributed by atoms with van der Waals surface area (Å²) < 4.78 is 0. The maximum absolute atomic E-state index is 13.0. The van der Waals surface area contributed by atoms with Crippen LogP contribution in [-0.4, -0.2) is 29.3 Å². The summed E-state index contributed by atoms with van der Waals surface area (Å²) in [5.74, 6) is -0.713. The van der Waals surface area contributed by atoms with E-state index in [1.165, 1.54) is 4.90 Å². The average Bonchev–Trinajstić information content (AvgIpc) is 3.02. The lowest BCUT2D eigenvalue weighted by atomic mass is 10.1. The highest BCUT2D eigenvalue weighted by atomic mass is 16.2. The van der Waals surface area contributed by atoms with Crippen LogP contribution in [0.3, 0.4) is 0 Å². The second-order valence-corrected chi connectivity index (χ2v) is 7.15. The van der Waals surface area contributed by atoms with Crippen LogP contribution in [0.4, 0.5) is 10.5 Å². The Hall–Kier alpha value is -3.93. The van der Waals surface area contributed by atoms with Crippen molar-refractivity contribution in [2.24, 2.45) is 0 Å². The van der Waals surface area contributed by atoms with Crippen molar-refractivity contribution in [2.45, 2.75) is 13.0 Å². The smallest absolute Gasteiger partial charge is 0.319 e. The maximum atomic E-state index is 13.0. The second kappa shape index (κ2) is 8.21. The Labute approximate surface area is 174 Å². The molecule has 6 nitrogen and oxygen atoms in total. The average molecular weight is 399 g/mol. The molecule has 0 saturated carbocycles. The molecule has 1 unspecified atom stereocenters. The lowest BCUT2D eigenvalue weighted by Gasteiger charge is -2.27. The minimum Gasteiger partial charge on any atom is -0.335 e. The van der Waals surface area contributed by atoms with Crippen molar-refractivity contribution in [1.82, 2.24) is 10.2 Å². The number of urea groups is 1. The van der Waals surface area contributed by atoms with Crippen molar-refractivity contribution in [2.75, 3.05) is 11.9 Å². The zero-order valence-corrected chi connectivity index (χ0v) is 16.5. The van der Waals surface area contributed by atoms with Gasteiger partial charge in [0.1, 0.15) is 0 Å². The zero-order valence-electron chi connectivity index (χ0n) is 16.5. The van der Waals surface area contributed by atoms with E-state index in [-0.39, 0.29) is 18.4 Å². The fourth-order valence-corrected chi connectivity index (χ4v) is 3.53. The number of imide groups is 1. The minimum absolute atomic E-state index is 0.0905. The summed E-state index contributed by atoms with van der Waals surface area (Å²) in [4.78, 5) is 39.6. The van der Waals surface area contributed by atoms with Gasteiger partial charge >= 0.3 is 6.03 Å². The standard InChI is InChI=1S/C24H21N3O3/c1-16-11-13-18(14-12-16)26-24(30)25-15-21(17-7-3-2-4-8-17)27-22(28)19-9-5-6-10-20(19)23(27)29/h2-14,21H,15H2,1H3,(H2,25,26,30). The van der Waals surface area contributed by atoms with Gasteiger partial charge in [0.2, 0.25) is 0 Å². The van der Waals surface area contributed by atoms with Crippen molar-refractivity contribution >= 4 is 23.5 Å². The van der Waals surface area contributed by atoms with Crippen molar-refractivity contribution in [3.63, 3.8) is 0 Å². The molecule has 0 fully saturated rings. The molecule has 1 aliphatic rings. The first-order valence-corrected chi connectivity index (χ1v) is 9.68. The predicted octanol–water partition coefficient (Wildman–Crippen LogP) is 4.15. The molecule has 0 aliphatic carbocycles. The Morgan fingerprint density at radius 3 is 2.00 bits per heavy atom. The third-order valence-electron chi connectivity index (χ3n) is 5.09. The SMILES string of the molecule is Cc1ccc(NC(=O)NCC(c2ccccc2)N2C(=O)c3ccccc3C2=O)cc1. The Kier molecular flexibility index (Phi) is 5.30. The Morgan fingerprint density at radius 1 is 0.833 bits per heavy atom. The summed E-state index contributed by atoms with van der Waals surface area (Å²) in [6.07, 6.45) is 0. The third-order valence-corrected chi connectivity index (χ3v) is 5.09. The van der Waals surface area contributed by atoms with Gasteiger partial charge in [-0.1, -0.05) is 60.2 Å². The van der Waals surface area contributed by atoms with Gasteiger partial charge in [0, 0.05) is 12.2 Å². The summed E-state index contributed by atoms with van der Waals surface area (Å²) >= 11 is 0. The molecular weight excluding hydrogens is 378 g/mol. The van der Waals surface area contributed by atoms with Gasteiger partial charge in [-0.2, -0.15) is 0 Å². The van der Waals surface area contributed by atoms with Crippen LogP contribution in [0.15, 0.2) is 78.9 Å². The van der Waals surface area contributed by atoms with Crippen LogP contribution in [0.5, 0.6) is 0 Å². The van der Waals surface area contributed by atoms with Crippen molar-refractivity contribution in [3.8, 4) is 0 Å². The molecule has 4 amide bonds. The molecule has 0 aromatic heterocycles. The summed E-state index contributed by atoms with van der Waals surface area (Å²) in [5.41, 5.74) is 3.29. The van der Waals surface area contributed by atoms with Gasteiger partial charge in [0.15, 0.2) is 0 Å². The first-order valence-electron chi connectivity index (χ1n) is 9.68. The largest absolute Gasteiger partial charge is 0.335 e. The molecule has 150 valence electrons. The fraction of sp³-hybridized carbons (Fsp3) is 0.125. The summed E-state index contributed by atoms with van der Waals surface area (Å²) in [7, 11) is 0. The number of anilines is 1. The van der Waals surface area contributed by atoms with Gasteiger partial charge in [-0.05, 0) is 36.8 Å². The first kappa shape index (κ1) is 19.4. The van der Waals surface area contributed by atoms with Gasteiger partial charge in [-0.3, -0.25) is 14.5 Å². The van der Waals surface area contributed by atoms with Crippen LogP contribution in [0.25, 0.3) is 0 Å². The van der Waals surface area contributed by atoms with E-state index in [0.29, 0.717) is 16.8 Å². The van der Waals surface area contributed by atoms with E-state index in [0.717, 1.165) is 11.1 Å². The highest BCUT2D eigenvalue weighted by molar-refractivity contribution is 6.21. The third kappa shape index (κ3) is 3.80. The maximum Gasteiger partial charge on any atom is 0.319 e. The highest BCUT2D eigenvalue weighted by Gasteiger charge is 2.40. The number of aryl methyl sites for hydroxylation is 1. The number of hydrogen-bond acceptors (Lipinski definition) is 3. The van der Waals surface area contributed by atoms with Crippen LogP contribution in [-0.2, 0) is 0 Å². The molecule has 2 N–H and O–H groups in total. The molecule has 1 aliphatic heterocycles. The number of nitrogens with zero attached hydrogens (tertiary/aromatic N) is 1. The van der Waals surface area contributed by atoms with Gasteiger partial charge in [0.25, 0.3) is 11.8 Å². The number of rotatable bonds is 5. The molecule has 6 heteroatoms. The Balaban J connectivity index is 1.54. The molecule has 30 heavy (non-hydrogen) atoms. The number of nitrogens with one attached hydrogen (secondary N) is 2. The number of hydrogen-bond donors (Lipinski definition) is 2. The highest BCUT2D eigenvalue weighted by Crippen LogP contribution is 2.31. The summed E-state index contributed by atoms with van der Waals surface area (Å²) in [6.45, 7) is 2.06. The molecule has 0 spiro atoms. The number of benzene rings is 3. The summed E-state index contributed by atoms with van der Waals surface area (Å²) in [6, 6.07) is 22.4. The topological polar surface area (TPSA) is 78.5 Å². The molecule has 3 aromatic rings.